The molecule has 37 heavy (non-hydrogen) atoms. The molecule has 2 atom stereocenters. The van der Waals surface area contributed by atoms with Gasteiger partial charge in [0.1, 0.15) is 5.82 Å². The number of piperidine rings is 1. The summed E-state index contributed by atoms with van der Waals surface area (Å²) in [5.74, 6) is 1.30. The van der Waals surface area contributed by atoms with E-state index in [1.165, 1.54) is 10.8 Å². The predicted octanol–water partition coefficient (Wildman–Crippen LogP) is 5.55. The van der Waals surface area contributed by atoms with Crippen LogP contribution in [0, 0.1) is 0 Å². The number of fused-ring (bicyclic) bond motifs is 2. The van der Waals surface area contributed by atoms with Crippen LogP contribution in [-0.2, 0) is 22.5 Å². The van der Waals surface area contributed by atoms with Crippen LogP contribution >= 0.6 is 11.6 Å². The van der Waals surface area contributed by atoms with Gasteiger partial charge in [-0.3, -0.25) is 4.79 Å². The number of imidazole rings is 1. The number of likely N-dealkylation sites (tertiary alicyclic amines) is 1. The maximum Gasteiger partial charge on any atom is 0.224 e. The molecule has 7 heteroatoms. The van der Waals surface area contributed by atoms with Gasteiger partial charge >= 0.3 is 0 Å². The SMILES string of the molecule is COCCCn1c([C@@H]2CCCN(C(=O)C[C@H](N)Cc3ccc4ccccc4c3)C2)nc2cccc(Cl)c21. The molecule has 0 saturated carbocycles. The third-order valence-corrected chi connectivity index (χ3v) is 7.67. The topological polar surface area (TPSA) is 73.4 Å². The highest BCUT2D eigenvalue weighted by Gasteiger charge is 2.29. The van der Waals surface area contributed by atoms with Crippen molar-refractivity contribution in [1.82, 2.24) is 14.5 Å². The Labute approximate surface area is 223 Å². The van der Waals surface area contributed by atoms with Crippen molar-refractivity contribution in [2.24, 2.45) is 5.73 Å². The number of aromatic nitrogens is 2. The molecule has 1 saturated heterocycles. The summed E-state index contributed by atoms with van der Waals surface area (Å²) in [4.78, 5) is 20.3. The van der Waals surface area contributed by atoms with E-state index in [-0.39, 0.29) is 17.9 Å². The van der Waals surface area contributed by atoms with Gasteiger partial charge in [0.15, 0.2) is 0 Å². The second-order valence-corrected chi connectivity index (χ2v) is 10.5. The lowest BCUT2D eigenvalue weighted by molar-refractivity contribution is -0.132. The Morgan fingerprint density at radius 1 is 1.16 bits per heavy atom. The molecule has 1 aliphatic heterocycles. The number of carbonyl (C=O) groups excluding carboxylic acids is 1. The first-order chi connectivity index (χ1) is 18.0. The molecule has 5 rings (SSSR count). The van der Waals surface area contributed by atoms with Crippen LogP contribution in [0.15, 0.2) is 60.7 Å². The number of nitrogens with two attached hydrogens (primary N) is 1. The van der Waals surface area contributed by atoms with E-state index in [9.17, 15) is 4.79 Å². The summed E-state index contributed by atoms with van der Waals surface area (Å²) in [6, 6.07) is 20.4. The molecule has 2 N–H and O–H groups in total. The molecular formula is C30H35ClN4O2. The van der Waals surface area contributed by atoms with Crippen LogP contribution < -0.4 is 5.73 Å². The Hall–Kier alpha value is -2.93. The van der Waals surface area contributed by atoms with Crippen molar-refractivity contribution in [2.45, 2.75) is 50.6 Å². The summed E-state index contributed by atoms with van der Waals surface area (Å²) in [6.07, 6.45) is 3.85. The maximum atomic E-state index is 13.3. The molecular weight excluding hydrogens is 484 g/mol. The monoisotopic (exact) mass is 518 g/mol. The maximum absolute atomic E-state index is 13.3. The van der Waals surface area contributed by atoms with E-state index in [0.29, 0.717) is 31.0 Å². The molecule has 0 spiro atoms. The number of carbonyl (C=O) groups is 1. The normalized spacial score (nSPS) is 16.9. The fourth-order valence-corrected chi connectivity index (χ4v) is 5.84. The Bertz CT molecular complexity index is 1380. The van der Waals surface area contributed by atoms with Gasteiger partial charge in [-0.05, 0) is 54.2 Å². The van der Waals surface area contributed by atoms with Crippen molar-refractivity contribution in [3.63, 3.8) is 0 Å². The van der Waals surface area contributed by atoms with Gasteiger partial charge in [-0.1, -0.05) is 60.1 Å². The lowest BCUT2D eigenvalue weighted by atomic mass is 9.95. The molecule has 0 unspecified atom stereocenters. The summed E-state index contributed by atoms with van der Waals surface area (Å²) in [7, 11) is 1.72. The molecule has 1 fully saturated rings. The van der Waals surface area contributed by atoms with Gasteiger partial charge < -0.3 is 19.9 Å². The van der Waals surface area contributed by atoms with Crippen molar-refractivity contribution >= 4 is 39.3 Å². The van der Waals surface area contributed by atoms with E-state index in [2.05, 4.69) is 34.9 Å². The molecule has 3 aromatic carbocycles. The standard InChI is InChI=1S/C30H35ClN4O2/c1-37-16-6-15-35-29-26(31)10-4-11-27(29)33-30(35)24-9-5-14-34(20-24)28(36)19-25(32)18-21-12-13-22-7-2-3-8-23(22)17-21/h2-4,7-8,10-13,17,24-25H,5-6,9,14-16,18-20,32H2,1H3/t24-,25-/m1/s1. The average molecular weight is 519 g/mol. The number of hydrogen-bond acceptors (Lipinski definition) is 4. The third kappa shape index (κ3) is 5.82. The van der Waals surface area contributed by atoms with Crippen molar-refractivity contribution in [3.05, 3.63) is 77.1 Å². The van der Waals surface area contributed by atoms with Crippen LogP contribution in [0.2, 0.25) is 5.02 Å². The van der Waals surface area contributed by atoms with E-state index >= 15 is 0 Å². The number of para-hydroxylation sites is 1. The van der Waals surface area contributed by atoms with Crippen LogP contribution in [-0.4, -0.2) is 53.2 Å². The zero-order chi connectivity index (χ0) is 25.8. The Balaban J connectivity index is 1.27. The van der Waals surface area contributed by atoms with Crippen LogP contribution in [0.25, 0.3) is 21.8 Å². The lowest BCUT2D eigenvalue weighted by Gasteiger charge is -2.33. The average Bonchev–Trinajstić information content (AvgIpc) is 3.28. The fourth-order valence-electron chi connectivity index (χ4n) is 5.57. The summed E-state index contributed by atoms with van der Waals surface area (Å²) in [5, 5.41) is 3.12. The fraction of sp³-hybridized carbons (Fsp3) is 0.400. The van der Waals surface area contributed by atoms with Gasteiger partial charge in [0.05, 0.1) is 16.1 Å². The minimum atomic E-state index is -0.216. The van der Waals surface area contributed by atoms with Crippen LogP contribution in [0.3, 0.4) is 0 Å². The largest absolute Gasteiger partial charge is 0.385 e. The van der Waals surface area contributed by atoms with E-state index in [0.717, 1.165) is 54.8 Å². The minimum Gasteiger partial charge on any atom is -0.385 e. The quantitative estimate of drug-likeness (QED) is 0.295. The highest BCUT2D eigenvalue weighted by Crippen LogP contribution is 2.32. The highest BCUT2D eigenvalue weighted by molar-refractivity contribution is 6.35. The summed E-state index contributed by atoms with van der Waals surface area (Å²) in [5.41, 5.74) is 9.51. The first-order valence-electron chi connectivity index (χ1n) is 13.2. The molecule has 6 nitrogen and oxygen atoms in total. The first-order valence-corrected chi connectivity index (χ1v) is 13.6. The molecule has 0 aliphatic carbocycles. The van der Waals surface area contributed by atoms with Crippen molar-refractivity contribution in [1.29, 1.82) is 0 Å². The molecule has 0 bridgehead atoms. The van der Waals surface area contributed by atoms with E-state index in [1.807, 2.05) is 35.2 Å². The van der Waals surface area contributed by atoms with Gasteiger partial charge in [-0.25, -0.2) is 4.98 Å². The molecule has 194 valence electrons. The lowest BCUT2D eigenvalue weighted by Crippen LogP contribution is -2.42. The molecule has 4 aromatic rings. The Morgan fingerprint density at radius 2 is 2.00 bits per heavy atom. The Morgan fingerprint density at radius 3 is 2.84 bits per heavy atom. The van der Waals surface area contributed by atoms with Crippen LogP contribution in [0.4, 0.5) is 0 Å². The van der Waals surface area contributed by atoms with Gasteiger partial charge in [-0.2, -0.15) is 0 Å². The second kappa shape index (κ2) is 11.6. The highest BCUT2D eigenvalue weighted by atomic mass is 35.5. The molecule has 0 radical (unpaired) electrons. The van der Waals surface area contributed by atoms with Gasteiger partial charge in [0, 0.05) is 51.7 Å². The number of amides is 1. The molecule has 1 amide bonds. The summed E-state index contributed by atoms with van der Waals surface area (Å²) >= 11 is 6.59. The molecule has 1 aromatic heterocycles. The van der Waals surface area contributed by atoms with Crippen molar-refractivity contribution < 1.29 is 9.53 Å². The van der Waals surface area contributed by atoms with Crippen molar-refractivity contribution in [2.75, 3.05) is 26.8 Å². The Kier molecular flexibility index (Phi) is 8.08. The van der Waals surface area contributed by atoms with Gasteiger partial charge in [0.25, 0.3) is 0 Å². The first kappa shape index (κ1) is 25.7. The number of aryl methyl sites for hydroxylation is 1. The molecule has 1 aliphatic rings. The number of methoxy groups -OCH3 is 1. The predicted molar refractivity (Wildman–Crippen MR) is 150 cm³/mol. The number of benzene rings is 3. The van der Waals surface area contributed by atoms with Crippen LogP contribution in [0.5, 0.6) is 0 Å². The number of rotatable bonds is 9. The number of hydrogen-bond donors (Lipinski definition) is 1. The molecule has 2 heterocycles. The zero-order valence-corrected chi connectivity index (χ0v) is 22.2. The van der Waals surface area contributed by atoms with Crippen LogP contribution in [0.1, 0.15) is 43.0 Å². The second-order valence-electron chi connectivity index (χ2n) is 10.1. The summed E-state index contributed by atoms with van der Waals surface area (Å²) < 4.78 is 7.52. The van der Waals surface area contributed by atoms with Gasteiger partial charge in [0.2, 0.25) is 5.91 Å². The zero-order valence-electron chi connectivity index (χ0n) is 21.4. The van der Waals surface area contributed by atoms with E-state index < -0.39 is 0 Å². The third-order valence-electron chi connectivity index (χ3n) is 7.36. The minimum absolute atomic E-state index is 0.123. The van der Waals surface area contributed by atoms with Crippen molar-refractivity contribution in [3.8, 4) is 0 Å². The van der Waals surface area contributed by atoms with E-state index in [4.69, 9.17) is 27.1 Å². The smallest absolute Gasteiger partial charge is 0.224 e. The van der Waals surface area contributed by atoms with E-state index in [1.54, 1.807) is 7.11 Å². The van der Waals surface area contributed by atoms with Gasteiger partial charge in [-0.15, -0.1) is 0 Å². The number of ether oxygens (including phenoxy) is 1. The number of nitrogens with zero attached hydrogens (tertiary/aromatic N) is 3. The summed E-state index contributed by atoms with van der Waals surface area (Å²) in [6.45, 7) is 2.88. The number of halogens is 1.